The van der Waals surface area contributed by atoms with E-state index in [1.165, 1.54) is 14.7 Å². The molecule has 44 heavy (non-hydrogen) atoms. The van der Waals surface area contributed by atoms with Crippen LogP contribution in [0.2, 0.25) is 0 Å². The van der Waals surface area contributed by atoms with Crippen molar-refractivity contribution in [3.05, 3.63) is 135 Å². The van der Waals surface area contributed by atoms with Crippen molar-refractivity contribution in [3.63, 3.8) is 0 Å². The van der Waals surface area contributed by atoms with Crippen molar-refractivity contribution in [1.29, 1.82) is 0 Å². The summed E-state index contributed by atoms with van der Waals surface area (Å²) in [6.45, 7) is 8.18. The summed E-state index contributed by atoms with van der Waals surface area (Å²) in [7, 11) is 0. The molecule has 0 unspecified atom stereocenters. The number of anilines is 2. The molecule has 0 radical (unpaired) electrons. The van der Waals surface area contributed by atoms with Gasteiger partial charge in [0.25, 0.3) is 0 Å². The predicted molar refractivity (Wildman–Crippen MR) is 184 cm³/mol. The van der Waals surface area contributed by atoms with E-state index in [0.717, 1.165) is 72.9 Å². The fourth-order valence-corrected chi connectivity index (χ4v) is 5.78. The number of hydrogen-bond donors (Lipinski definition) is 1. The summed E-state index contributed by atoms with van der Waals surface area (Å²) < 4.78 is 1.27. The number of nitrogens with one attached hydrogen (secondary N) is 1. The molecular weight excluding hydrogens is 659 g/mol. The Morgan fingerprint density at radius 2 is 1.48 bits per heavy atom. The minimum absolute atomic E-state index is 0.102. The second kappa shape index (κ2) is 14.2. The molecule has 0 atom stereocenters. The molecule has 5 aromatic rings. The zero-order valence-corrected chi connectivity index (χ0v) is 26.9. The molecule has 222 valence electrons. The van der Waals surface area contributed by atoms with Crippen LogP contribution in [0, 0.1) is 10.5 Å². The molecule has 0 amide bonds. The Labute approximate surface area is 272 Å². The van der Waals surface area contributed by atoms with Gasteiger partial charge < -0.3 is 5.32 Å². The number of piperazine rings is 1. The van der Waals surface area contributed by atoms with Gasteiger partial charge in [-0.15, -0.1) is 0 Å². The van der Waals surface area contributed by atoms with Crippen LogP contribution in [0.25, 0.3) is 11.3 Å². The van der Waals surface area contributed by atoms with Crippen molar-refractivity contribution >= 4 is 40.0 Å². The van der Waals surface area contributed by atoms with Crippen molar-refractivity contribution in [2.75, 3.05) is 31.5 Å². The lowest BCUT2D eigenvalue weighted by atomic mass is 10.00. The summed E-state index contributed by atoms with van der Waals surface area (Å²) >= 11 is 2.35. The van der Waals surface area contributed by atoms with E-state index in [4.69, 9.17) is 0 Å². The van der Waals surface area contributed by atoms with E-state index in [-0.39, 0.29) is 5.78 Å². The van der Waals surface area contributed by atoms with Crippen LogP contribution in [-0.2, 0) is 19.5 Å². The zero-order chi connectivity index (χ0) is 30.3. The number of rotatable bonds is 10. The highest BCUT2D eigenvalue weighted by Crippen LogP contribution is 2.23. The number of benzene rings is 3. The number of pyridine rings is 1. The van der Waals surface area contributed by atoms with Crippen LogP contribution in [0.3, 0.4) is 0 Å². The molecule has 3 aromatic carbocycles. The minimum Gasteiger partial charge on any atom is -0.324 e. The first kappa shape index (κ1) is 30.1. The monoisotopic (exact) mass is 694 g/mol. The molecule has 1 fully saturated rings. The number of halogens is 1. The second-order valence-corrected chi connectivity index (χ2v) is 12.5. The molecule has 2 aromatic heterocycles. The van der Waals surface area contributed by atoms with E-state index in [1.54, 1.807) is 18.6 Å². The van der Waals surface area contributed by atoms with Crippen molar-refractivity contribution in [1.82, 2.24) is 24.8 Å². The third kappa shape index (κ3) is 7.93. The first-order valence-electron chi connectivity index (χ1n) is 14.9. The van der Waals surface area contributed by atoms with Crippen LogP contribution in [0.5, 0.6) is 0 Å². The lowest BCUT2D eigenvalue weighted by Gasteiger charge is -2.34. The largest absolute Gasteiger partial charge is 0.324 e. The molecule has 8 heteroatoms. The average Bonchev–Trinajstić information content (AvgIpc) is 3.05. The van der Waals surface area contributed by atoms with Crippen LogP contribution >= 0.6 is 22.6 Å². The summed E-state index contributed by atoms with van der Waals surface area (Å²) in [5.41, 5.74) is 7.95. The lowest BCUT2D eigenvalue weighted by Crippen LogP contribution is -2.45. The Balaban J connectivity index is 1.02. The molecule has 0 spiro atoms. The van der Waals surface area contributed by atoms with Crippen molar-refractivity contribution in [2.24, 2.45) is 0 Å². The minimum atomic E-state index is 0.102. The van der Waals surface area contributed by atoms with Crippen LogP contribution in [0.15, 0.2) is 104 Å². The van der Waals surface area contributed by atoms with Gasteiger partial charge in [0.05, 0.1) is 5.69 Å². The number of hydrogen-bond acceptors (Lipinski definition) is 7. The quantitative estimate of drug-likeness (QED) is 0.126. The molecule has 0 aliphatic carbocycles. The van der Waals surface area contributed by atoms with E-state index >= 15 is 0 Å². The summed E-state index contributed by atoms with van der Waals surface area (Å²) in [4.78, 5) is 31.5. The van der Waals surface area contributed by atoms with Crippen molar-refractivity contribution < 1.29 is 4.79 Å². The maximum Gasteiger partial charge on any atom is 0.227 e. The lowest BCUT2D eigenvalue weighted by molar-refractivity contribution is 0.0993. The van der Waals surface area contributed by atoms with Gasteiger partial charge in [0.1, 0.15) is 0 Å². The van der Waals surface area contributed by atoms with Crippen LogP contribution < -0.4 is 5.32 Å². The Kier molecular flexibility index (Phi) is 9.70. The fraction of sp³-hybridized carbons (Fsp3) is 0.222. The van der Waals surface area contributed by atoms with Gasteiger partial charge in [0.2, 0.25) is 5.95 Å². The number of nitrogens with zero attached hydrogens (tertiary/aromatic N) is 5. The first-order valence-corrected chi connectivity index (χ1v) is 16.0. The maximum atomic E-state index is 13.2. The maximum absolute atomic E-state index is 13.2. The SMILES string of the molecule is Cc1ccc(CC(=O)c2ccc(CN3CCN(Cc4ccc(I)cc4)CC3)cc2)cc1Nc1nccc(-c2cccnc2)n1. The zero-order valence-electron chi connectivity index (χ0n) is 24.8. The Bertz CT molecular complexity index is 1700. The van der Waals surface area contributed by atoms with Gasteiger partial charge in [-0.2, -0.15) is 0 Å². The summed E-state index contributed by atoms with van der Waals surface area (Å²) in [5.74, 6) is 0.603. The highest BCUT2D eigenvalue weighted by Gasteiger charge is 2.17. The third-order valence-electron chi connectivity index (χ3n) is 7.99. The molecule has 1 aliphatic rings. The van der Waals surface area contributed by atoms with E-state index in [1.807, 2.05) is 55.5 Å². The molecular formula is C36H35IN6O. The number of aromatic nitrogens is 3. The van der Waals surface area contributed by atoms with E-state index < -0.39 is 0 Å². The third-order valence-corrected chi connectivity index (χ3v) is 8.71. The number of Topliss-reactive ketones (excluding diaryl/α,β-unsaturated/α-hetero) is 1. The highest BCUT2D eigenvalue weighted by atomic mass is 127. The van der Waals surface area contributed by atoms with Crippen LogP contribution in [-0.4, -0.2) is 56.7 Å². The van der Waals surface area contributed by atoms with Gasteiger partial charge in [-0.25, -0.2) is 9.97 Å². The molecule has 6 rings (SSSR count). The first-order chi connectivity index (χ1) is 21.5. The van der Waals surface area contributed by atoms with E-state index in [9.17, 15) is 4.79 Å². The van der Waals surface area contributed by atoms with Gasteiger partial charge in [0, 0.05) is 84.7 Å². The molecule has 1 aliphatic heterocycles. The number of carbonyl (C=O) groups excluding carboxylic acids is 1. The van der Waals surface area contributed by atoms with E-state index in [2.05, 4.69) is 89.1 Å². The predicted octanol–water partition coefficient (Wildman–Crippen LogP) is 6.94. The van der Waals surface area contributed by atoms with Crippen molar-refractivity contribution in [3.8, 4) is 11.3 Å². The standard InChI is InChI=1S/C36H35IN6O/c1-26-4-5-29(21-34(26)41-36-39-16-14-33(40-36)31-3-2-15-38-23-31)22-35(44)30-10-6-27(7-11-30)24-42-17-19-43(20-18-42)25-28-8-12-32(37)13-9-28/h2-16,21,23H,17-20,22,24-25H2,1H3,(H,39,40,41). The topological polar surface area (TPSA) is 74.2 Å². The van der Waals surface area contributed by atoms with Gasteiger partial charge in [-0.1, -0.05) is 48.5 Å². The second-order valence-electron chi connectivity index (χ2n) is 11.3. The van der Waals surface area contributed by atoms with Crippen molar-refractivity contribution in [2.45, 2.75) is 26.4 Å². The summed E-state index contributed by atoms with van der Waals surface area (Å²) in [6.07, 6.45) is 5.58. The molecule has 7 nitrogen and oxygen atoms in total. The van der Waals surface area contributed by atoms with Crippen LogP contribution in [0.1, 0.15) is 32.6 Å². The van der Waals surface area contributed by atoms with E-state index in [0.29, 0.717) is 12.4 Å². The normalized spacial score (nSPS) is 14.0. The number of aryl methyl sites for hydroxylation is 1. The van der Waals surface area contributed by atoms with Gasteiger partial charge in [-0.3, -0.25) is 19.6 Å². The molecule has 1 saturated heterocycles. The molecule has 1 N–H and O–H groups in total. The average molecular weight is 695 g/mol. The Morgan fingerprint density at radius 1 is 0.818 bits per heavy atom. The summed E-state index contributed by atoms with van der Waals surface area (Å²) in [6, 6.07) is 28.7. The Hall–Kier alpha value is -3.99. The molecule has 0 saturated carbocycles. The Morgan fingerprint density at radius 3 is 2.14 bits per heavy atom. The van der Waals surface area contributed by atoms with Gasteiger partial charge in [-0.05, 0) is 88.2 Å². The van der Waals surface area contributed by atoms with Gasteiger partial charge in [0.15, 0.2) is 5.78 Å². The van der Waals surface area contributed by atoms with Gasteiger partial charge >= 0.3 is 0 Å². The fourth-order valence-electron chi connectivity index (χ4n) is 5.42. The highest BCUT2D eigenvalue weighted by molar-refractivity contribution is 14.1. The smallest absolute Gasteiger partial charge is 0.227 e. The molecule has 3 heterocycles. The number of carbonyl (C=O) groups is 1. The number of ketones is 1. The summed E-state index contributed by atoms with van der Waals surface area (Å²) in [5, 5.41) is 3.34. The van der Waals surface area contributed by atoms with Crippen LogP contribution in [0.4, 0.5) is 11.6 Å². The molecule has 0 bridgehead atoms.